The number of nitrogens with one attached hydrogen (secondary N) is 1. The average Bonchev–Trinajstić information content (AvgIpc) is 1.94. The second-order valence-corrected chi connectivity index (χ2v) is 3.09. The zero-order chi connectivity index (χ0) is 6.48. The fourth-order valence-electron chi connectivity index (χ4n) is 1.47. The molecule has 0 radical (unpaired) electrons. The Kier molecular flexibility index (Phi) is 0.672. The lowest BCUT2D eigenvalue weighted by Gasteiger charge is -2.32. The van der Waals surface area contributed by atoms with Crippen LogP contribution in [0.3, 0.4) is 0 Å². The third-order valence-corrected chi connectivity index (χ3v) is 2.24. The molecule has 0 spiro atoms. The molecule has 0 aromatic carbocycles. The standard InChI is InChI=1S/C7H9NO/c1-7-3-2-5(7)8-6(9)4-7/h2-3,5H,4H2,1H3,(H,8,9)/t5-,7+/m1/s1. The maximum absolute atomic E-state index is 10.8. The highest BCUT2D eigenvalue weighted by molar-refractivity contribution is 5.82. The van der Waals surface area contributed by atoms with Crippen LogP contribution < -0.4 is 5.32 Å². The lowest BCUT2D eigenvalue weighted by Crippen LogP contribution is -2.38. The van der Waals surface area contributed by atoms with E-state index in [1.54, 1.807) is 0 Å². The molecule has 0 unspecified atom stereocenters. The van der Waals surface area contributed by atoms with Gasteiger partial charge in [-0.1, -0.05) is 19.1 Å². The van der Waals surface area contributed by atoms with Crippen LogP contribution in [0.4, 0.5) is 0 Å². The Hall–Kier alpha value is -0.790. The molecule has 2 atom stereocenters. The number of amides is 1. The van der Waals surface area contributed by atoms with Gasteiger partial charge < -0.3 is 5.32 Å². The molecular formula is C7H9NO. The van der Waals surface area contributed by atoms with Gasteiger partial charge in [-0.2, -0.15) is 0 Å². The van der Waals surface area contributed by atoms with Crippen molar-refractivity contribution >= 4 is 5.91 Å². The lowest BCUT2D eigenvalue weighted by atomic mass is 9.74. The van der Waals surface area contributed by atoms with E-state index in [0.29, 0.717) is 12.5 Å². The van der Waals surface area contributed by atoms with Crippen molar-refractivity contribution in [3.05, 3.63) is 12.2 Å². The molecule has 1 aliphatic heterocycles. The predicted octanol–water partition coefficient (Wildman–Crippen LogP) is 0.451. The molecule has 9 heavy (non-hydrogen) atoms. The van der Waals surface area contributed by atoms with Crippen molar-refractivity contribution in [2.45, 2.75) is 19.4 Å². The van der Waals surface area contributed by atoms with E-state index in [2.05, 4.69) is 18.3 Å². The Balaban J connectivity index is 2.30. The number of rotatable bonds is 0. The summed E-state index contributed by atoms with van der Waals surface area (Å²) in [6, 6.07) is 0.338. The Morgan fingerprint density at radius 2 is 2.67 bits per heavy atom. The molecule has 1 fully saturated rings. The van der Waals surface area contributed by atoms with E-state index in [0.717, 1.165) is 0 Å². The maximum Gasteiger partial charge on any atom is 0.221 e. The third kappa shape index (κ3) is 0.479. The molecule has 1 amide bonds. The number of carbonyl (C=O) groups is 1. The summed E-state index contributed by atoms with van der Waals surface area (Å²) in [6.45, 7) is 2.11. The second-order valence-electron chi connectivity index (χ2n) is 3.09. The van der Waals surface area contributed by atoms with Crippen molar-refractivity contribution in [2.75, 3.05) is 0 Å². The van der Waals surface area contributed by atoms with Gasteiger partial charge >= 0.3 is 0 Å². The molecule has 2 heteroatoms. The van der Waals surface area contributed by atoms with E-state index >= 15 is 0 Å². The predicted molar refractivity (Wildman–Crippen MR) is 33.8 cm³/mol. The molecular weight excluding hydrogens is 114 g/mol. The summed E-state index contributed by atoms with van der Waals surface area (Å²) in [5, 5.41) is 2.87. The summed E-state index contributed by atoms with van der Waals surface area (Å²) in [6.07, 6.45) is 4.83. The Bertz CT molecular complexity index is 197. The van der Waals surface area contributed by atoms with Crippen molar-refractivity contribution < 1.29 is 4.79 Å². The highest BCUT2D eigenvalue weighted by atomic mass is 16.2. The lowest BCUT2D eigenvalue weighted by molar-refractivity contribution is -0.119. The summed E-state index contributed by atoms with van der Waals surface area (Å²) < 4.78 is 0. The van der Waals surface area contributed by atoms with E-state index < -0.39 is 0 Å². The quantitative estimate of drug-likeness (QED) is 0.465. The summed E-state index contributed by atoms with van der Waals surface area (Å²) >= 11 is 0. The van der Waals surface area contributed by atoms with Crippen molar-refractivity contribution in [1.82, 2.24) is 5.32 Å². The Morgan fingerprint density at radius 3 is 2.89 bits per heavy atom. The summed E-state index contributed by atoms with van der Waals surface area (Å²) in [4.78, 5) is 10.8. The molecule has 2 nitrogen and oxygen atoms in total. The van der Waals surface area contributed by atoms with Crippen LogP contribution in [0.1, 0.15) is 13.3 Å². The van der Waals surface area contributed by atoms with Crippen LogP contribution in [-0.2, 0) is 4.79 Å². The largest absolute Gasteiger partial charge is 0.349 e. The van der Waals surface area contributed by atoms with Crippen LogP contribution in [0, 0.1) is 5.41 Å². The average molecular weight is 123 g/mol. The van der Waals surface area contributed by atoms with Crippen molar-refractivity contribution in [1.29, 1.82) is 0 Å². The first-order valence-electron chi connectivity index (χ1n) is 3.19. The van der Waals surface area contributed by atoms with E-state index in [9.17, 15) is 4.79 Å². The van der Waals surface area contributed by atoms with E-state index in [1.165, 1.54) is 0 Å². The molecule has 48 valence electrons. The first-order valence-corrected chi connectivity index (χ1v) is 3.19. The van der Waals surface area contributed by atoms with Gasteiger partial charge in [0.15, 0.2) is 0 Å². The maximum atomic E-state index is 10.8. The van der Waals surface area contributed by atoms with E-state index in [1.807, 2.05) is 6.08 Å². The minimum Gasteiger partial charge on any atom is -0.349 e. The topological polar surface area (TPSA) is 29.1 Å². The molecule has 1 saturated heterocycles. The van der Waals surface area contributed by atoms with Crippen LogP contribution >= 0.6 is 0 Å². The SMILES string of the molecule is C[C@@]12C=C[C@H]1NC(=O)C2. The Morgan fingerprint density at radius 1 is 1.89 bits per heavy atom. The molecule has 1 N–H and O–H groups in total. The van der Waals surface area contributed by atoms with Crippen molar-refractivity contribution in [3.8, 4) is 0 Å². The van der Waals surface area contributed by atoms with Crippen LogP contribution in [0.15, 0.2) is 12.2 Å². The van der Waals surface area contributed by atoms with Crippen LogP contribution in [-0.4, -0.2) is 11.9 Å². The molecule has 2 rings (SSSR count). The molecule has 0 saturated carbocycles. The Labute approximate surface area is 53.9 Å². The monoisotopic (exact) mass is 123 g/mol. The smallest absolute Gasteiger partial charge is 0.221 e. The van der Waals surface area contributed by atoms with Crippen LogP contribution in [0.5, 0.6) is 0 Å². The number of hydrogen-bond acceptors (Lipinski definition) is 1. The van der Waals surface area contributed by atoms with E-state index in [-0.39, 0.29) is 11.3 Å². The van der Waals surface area contributed by atoms with E-state index in [4.69, 9.17) is 0 Å². The molecule has 2 aliphatic rings. The van der Waals surface area contributed by atoms with Gasteiger partial charge in [-0.25, -0.2) is 0 Å². The first kappa shape index (κ1) is 5.03. The normalized spacial score (nSPS) is 45.9. The zero-order valence-corrected chi connectivity index (χ0v) is 5.35. The number of carbonyl (C=O) groups excluding carboxylic acids is 1. The van der Waals surface area contributed by atoms with Gasteiger partial charge in [0.1, 0.15) is 0 Å². The number of hydrogen-bond donors (Lipinski definition) is 1. The van der Waals surface area contributed by atoms with Gasteiger partial charge in [0.05, 0.1) is 6.04 Å². The fourth-order valence-corrected chi connectivity index (χ4v) is 1.47. The highest BCUT2D eigenvalue weighted by Gasteiger charge is 2.44. The van der Waals surface area contributed by atoms with Crippen molar-refractivity contribution in [3.63, 3.8) is 0 Å². The van der Waals surface area contributed by atoms with Gasteiger partial charge in [0.2, 0.25) is 5.91 Å². The molecule has 0 bridgehead atoms. The first-order chi connectivity index (χ1) is 4.21. The molecule has 0 aromatic heterocycles. The molecule has 1 aliphatic carbocycles. The number of fused-ring (bicyclic) bond motifs is 1. The summed E-state index contributed by atoms with van der Waals surface area (Å²) in [5.41, 5.74) is 0.164. The molecule has 1 heterocycles. The minimum absolute atomic E-state index is 0.164. The fraction of sp³-hybridized carbons (Fsp3) is 0.571. The second kappa shape index (κ2) is 1.20. The molecule has 0 aromatic rings. The zero-order valence-electron chi connectivity index (χ0n) is 5.35. The van der Waals surface area contributed by atoms with Crippen LogP contribution in [0.25, 0.3) is 0 Å². The highest BCUT2D eigenvalue weighted by Crippen LogP contribution is 2.40. The van der Waals surface area contributed by atoms with Crippen LogP contribution in [0.2, 0.25) is 0 Å². The van der Waals surface area contributed by atoms with Gasteiger partial charge in [0, 0.05) is 11.8 Å². The van der Waals surface area contributed by atoms with Gasteiger partial charge in [0.25, 0.3) is 0 Å². The summed E-state index contributed by atoms with van der Waals surface area (Å²) in [7, 11) is 0. The van der Waals surface area contributed by atoms with Gasteiger partial charge in [-0.3, -0.25) is 4.79 Å². The van der Waals surface area contributed by atoms with Crippen molar-refractivity contribution in [2.24, 2.45) is 5.41 Å². The summed E-state index contributed by atoms with van der Waals surface area (Å²) in [5.74, 6) is 0.188. The minimum atomic E-state index is 0.164. The van der Waals surface area contributed by atoms with Gasteiger partial charge in [-0.05, 0) is 0 Å². The third-order valence-electron chi connectivity index (χ3n) is 2.24. The van der Waals surface area contributed by atoms with Gasteiger partial charge in [-0.15, -0.1) is 0 Å².